The van der Waals surface area contributed by atoms with E-state index in [0.29, 0.717) is 26.2 Å². The van der Waals surface area contributed by atoms with E-state index in [-0.39, 0.29) is 0 Å². The van der Waals surface area contributed by atoms with Crippen molar-refractivity contribution in [1.82, 2.24) is 19.6 Å². The van der Waals surface area contributed by atoms with E-state index in [2.05, 4.69) is 43.3 Å². The molecule has 0 saturated carbocycles. The summed E-state index contributed by atoms with van der Waals surface area (Å²) in [4.78, 5) is 9.31. The fourth-order valence-electron chi connectivity index (χ4n) is 3.20. The number of terminal acetylenes is 4. The van der Waals surface area contributed by atoms with Gasteiger partial charge in [0.15, 0.2) is 0 Å². The van der Waals surface area contributed by atoms with Crippen LogP contribution >= 0.6 is 0 Å². The molecular weight excluding hydrogens is 320 g/mol. The summed E-state index contributed by atoms with van der Waals surface area (Å²) in [5.41, 5.74) is 0. The molecule has 26 heavy (non-hydrogen) atoms. The molecule has 1 aliphatic heterocycles. The van der Waals surface area contributed by atoms with Crippen LogP contribution in [-0.2, 0) is 0 Å². The van der Waals surface area contributed by atoms with Crippen molar-refractivity contribution in [3.8, 4) is 49.4 Å². The lowest BCUT2D eigenvalue weighted by Crippen LogP contribution is -2.41. The average Bonchev–Trinajstić information content (AvgIpc) is 2.63. The lowest BCUT2D eigenvalue weighted by Gasteiger charge is -2.30. The quantitative estimate of drug-likeness (QED) is 0.684. The van der Waals surface area contributed by atoms with Crippen molar-refractivity contribution in [1.29, 1.82) is 0 Å². The van der Waals surface area contributed by atoms with Crippen LogP contribution in [0.15, 0.2) is 0 Å². The van der Waals surface area contributed by atoms with Crippen LogP contribution < -0.4 is 0 Å². The van der Waals surface area contributed by atoms with Crippen LogP contribution in [0.5, 0.6) is 0 Å². The summed E-state index contributed by atoms with van der Waals surface area (Å²) >= 11 is 0. The first-order valence-electron chi connectivity index (χ1n) is 9.36. The summed E-state index contributed by atoms with van der Waals surface area (Å²) in [5, 5.41) is 0. The largest absolute Gasteiger partial charge is 0.291 e. The number of nitrogens with zero attached hydrogens (tertiary/aromatic N) is 4. The Hall–Kier alpha value is -1.92. The SMILES string of the molecule is C#CCN1CCCN(CC#C)CCN(CC#C)CCCN(CC#C)CC1. The fraction of sp³-hybridized carbons (Fsp3) is 0.636. The molecular formula is C22H32N4. The Kier molecular flexibility index (Phi) is 12.1. The topological polar surface area (TPSA) is 13.0 Å². The molecule has 0 aromatic rings. The van der Waals surface area contributed by atoms with Crippen LogP contribution in [0.25, 0.3) is 0 Å². The molecule has 1 aliphatic rings. The van der Waals surface area contributed by atoms with Gasteiger partial charge in [0.25, 0.3) is 0 Å². The maximum absolute atomic E-state index is 5.54. The number of rotatable bonds is 4. The second-order valence-corrected chi connectivity index (χ2v) is 6.63. The van der Waals surface area contributed by atoms with Gasteiger partial charge in [0.05, 0.1) is 26.2 Å². The third kappa shape index (κ3) is 9.53. The molecule has 0 aromatic heterocycles. The van der Waals surface area contributed by atoms with Crippen molar-refractivity contribution in [2.24, 2.45) is 0 Å². The van der Waals surface area contributed by atoms with Gasteiger partial charge < -0.3 is 0 Å². The second kappa shape index (κ2) is 14.3. The fourth-order valence-corrected chi connectivity index (χ4v) is 3.20. The molecule has 4 nitrogen and oxygen atoms in total. The minimum absolute atomic E-state index is 0.676. The molecule has 4 heteroatoms. The van der Waals surface area contributed by atoms with Crippen molar-refractivity contribution in [3.63, 3.8) is 0 Å². The maximum atomic E-state index is 5.54. The van der Waals surface area contributed by atoms with E-state index in [0.717, 1.165) is 65.2 Å². The highest BCUT2D eigenvalue weighted by atomic mass is 15.2. The molecule has 0 N–H and O–H groups in total. The number of hydrogen-bond donors (Lipinski definition) is 0. The van der Waals surface area contributed by atoms with E-state index in [1.807, 2.05) is 0 Å². The highest BCUT2D eigenvalue weighted by Crippen LogP contribution is 2.02. The van der Waals surface area contributed by atoms with Crippen LogP contribution in [0, 0.1) is 49.4 Å². The van der Waals surface area contributed by atoms with E-state index >= 15 is 0 Å². The van der Waals surface area contributed by atoms with E-state index in [4.69, 9.17) is 25.7 Å². The minimum Gasteiger partial charge on any atom is -0.291 e. The van der Waals surface area contributed by atoms with E-state index in [9.17, 15) is 0 Å². The highest BCUT2D eigenvalue weighted by molar-refractivity contribution is 4.92. The van der Waals surface area contributed by atoms with Crippen LogP contribution in [0.1, 0.15) is 12.8 Å². The minimum atomic E-state index is 0.676. The van der Waals surface area contributed by atoms with Gasteiger partial charge in [0, 0.05) is 52.4 Å². The molecule has 0 radical (unpaired) electrons. The standard InChI is InChI=1S/C22H32N4/c1-5-11-23-15-9-16-25(13-7-3)21-22-26(14-8-4)18-10-17-24(12-6-2)20-19-23/h1-4H,9-22H2. The molecule has 0 unspecified atom stereocenters. The summed E-state index contributed by atoms with van der Waals surface area (Å²) in [6, 6.07) is 0. The van der Waals surface area contributed by atoms with Gasteiger partial charge in [-0.2, -0.15) is 0 Å². The summed E-state index contributed by atoms with van der Waals surface area (Å²) in [5.74, 6) is 11.1. The van der Waals surface area contributed by atoms with Gasteiger partial charge in [-0.15, -0.1) is 25.7 Å². The predicted octanol–water partition coefficient (Wildman–Crippen LogP) is 0.521. The summed E-state index contributed by atoms with van der Waals surface area (Å²) in [6.45, 7) is 10.4. The molecule has 0 aliphatic carbocycles. The highest BCUT2D eigenvalue weighted by Gasteiger charge is 2.13. The monoisotopic (exact) mass is 352 g/mol. The second-order valence-electron chi connectivity index (χ2n) is 6.63. The molecule has 1 saturated heterocycles. The van der Waals surface area contributed by atoms with Gasteiger partial charge >= 0.3 is 0 Å². The third-order valence-electron chi connectivity index (χ3n) is 4.62. The molecule has 0 aromatic carbocycles. The van der Waals surface area contributed by atoms with Gasteiger partial charge in [0.2, 0.25) is 0 Å². The van der Waals surface area contributed by atoms with Crippen LogP contribution in [0.2, 0.25) is 0 Å². The van der Waals surface area contributed by atoms with Crippen LogP contribution in [-0.4, -0.2) is 98.1 Å². The Balaban J connectivity index is 2.74. The maximum Gasteiger partial charge on any atom is 0.0599 e. The average molecular weight is 353 g/mol. The molecule has 0 atom stereocenters. The molecule has 0 bridgehead atoms. The Bertz CT molecular complexity index is 444. The first-order valence-corrected chi connectivity index (χ1v) is 9.36. The molecule has 1 heterocycles. The third-order valence-corrected chi connectivity index (χ3v) is 4.62. The molecule has 140 valence electrons. The first kappa shape index (κ1) is 22.1. The Morgan fingerprint density at radius 1 is 0.423 bits per heavy atom. The number of hydrogen-bond acceptors (Lipinski definition) is 4. The zero-order valence-corrected chi connectivity index (χ0v) is 16.0. The van der Waals surface area contributed by atoms with Crippen molar-refractivity contribution in [2.45, 2.75) is 12.8 Å². The Morgan fingerprint density at radius 3 is 0.846 bits per heavy atom. The van der Waals surface area contributed by atoms with Gasteiger partial charge in [-0.1, -0.05) is 23.7 Å². The van der Waals surface area contributed by atoms with Crippen molar-refractivity contribution in [3.05, 3.63) is 0 Å². The molecule has 0 spiro atoms. The van der Waals surface area contributed by atoms with Crippen molar-refractivity contribution >= 4 is 0 Å². The van der Waals surface area contributed by atoms with E-state index in [1.165, 1.54) is 0 Å². The molecule has 0 amide bonds. The first-order chi connectivity index (χ1) is 12.7. The molecule has 1 fully saturated rings. The van der Waals surface area contributed by atoms with Gasteiger partial charge in [-0.05, 0) is 12.8 Å². The Labute approximate surface area is 160 Å². The van der Waals surface area contributed by atoms with Crippen molar-refractivity contribution < 1.29 is 0 Å². The van der Waals surface area contributed by atoms with Gasteiger partial charge in [-0.25, -0.2) is 0 Å². The predicted molar refractivity (Wildman–Crippen MR) is 110 cm³/mol. The van der Waals surface area contributed by atoms with Gasteiger partial charge in [0.1, 0.15) is 0 Å². The summed E-state index contributed by atoms with van der Waals surface area (Å²) in [6.07, 6.45) is 24.2. The van der Waals surface area contributed by atoms with Gasteiger partial charge in [-0.3, -0.25) is 19.6 Å². The lowest BCUT2D eigenvalue weighted by atomic mass is 10.2. The van der Waals surface area contributed by atoms with Crippen LogP contribution in [0.3, 0.4) is 0 Å². The lowest BCUT2D eigenvalue weighted by molar-refractivity contribution is 0.183. The summed E-state index contributed by atoms with van der Waals surface area (Å²) < 4.78 is 0. The molecule has 1 rings (SSSR count). The Morgan fingerprint density at radius 2 is 0.654 bits per heavy atom. The zero-order valence-electron chi connectivity index (χ0n) is 16.0. The normalized spacial score (nSPS) is 20.2. The van der Waals surface area contributed by atoms with Crippen LogP contribution in [0.4, 0.5) is 0 Å². The van der Waals surface area contributed by atoms with E-state index < -0.39 is 0 Å². The van der Waals surface area contributed by atoms with Crippen molar-refractivity contribution in [2.75, 3.05) is 78.5 Å². The summed E-state index contributed by atoms with van der Waals surface area (Å²) in [7, 11) is 0. The smallest absolute Gasteiger partial charge is 0.0599 e. The zero-order chi connectivity index (χ0) is 19.0. The van der Waals surface area contributed by atoms with E-state index in [1.54, 1.807) is 0 Å².